The molecule has 0 heterocycles. The number of carboxylic acid groups (broad SMARTS) is 1. The van der Waals surface area contributed by atoms with Crippen molar-refractivity contribution in [2.24, 2.45) is 0 Å². The average Bonchev–Trinajstić information content (AvgIpc) is 2.53. The van der Waals surface area contributed by atoms with Gasteiger partial charge in [0.25, 0.3) is 0 Å². The number of carbonyl (C=O) groups is 2. The third-order valence-corrected chi connectivity index (χ3v) is 3.10. The first-order valence-corrected chi connectivity index (χ1v) is 6.96. The van der Waals surface area contributed by atoms with Crippen molar-refractivity contribution in [3.05, 3.63) is 65.7 Å². The van der Waals surface area contributed by atoms with Crippen LogP contribution in [0.3, 0.4) is 0 Å². The molecular formula is C18H16O5. The van der Waals surface area contributed by atoms with E-state index >= 15 is 0 Å². The molecule has 1 atom stereocenters. The molecule has 0 spiro atoms. The van der Waals surface area contributed by atoms with Crippen LogP contribution >= 0.6 is 0 Å². The van der Waals surface area contributed by atoms with E-state index in [9.17, 15) is 14.7 Å². The Morgan fingerprint density at radius 2 is 1.83 bits per heavy atom. The summed E-state index contributed by atoms with van der Waals surface area (Å²) < 4.78 is 5.20. The molecule has 0 amide bonds. The lowest BCUT2D eigenvalue weighted by Gasteiger charge is -2.10. The summed E-state index contributed by atoms with van der Waals surface area (Å²) in [4.78, 5) is 22.8. The fourth-order valence-corrected chi connectivity index (χ4v) is 1.85. The molecule has 0 aliphatic carbocycles. The van der Waals surface area contributed by atoms with E-state index in [4.69, 9.17) is 9.84 Å². The summed E-state index contributed by atoms with van der Waals surface area (Å²) in [6.45, 7) is 1.43. The molecule has 0 bridgehead atoms. The van der Waals surface area contributed by atoms with Gasteiger partial charge in [-0.1, -0.05) is 18.2 Å². The van der Waals surface area contributed by atoms with Gasteiger partial charge in [0, 0.05) is 5.56 Å². The van der Waals surface area contributed by atoms with Crippen LogP contribution in [0.15, 0.2) is 54.6 Å². The molecule has 2 aromatic carbocycles. The molecule has 2 N–H and O–H groups in total. The van der Waals surface area contributed by atoms with Crippen molar-refractivity contribution in [2.45, 2.75) is 13.0 Å². The largest absolute Gasteiger partial charge is 0.508 e. The highest BCUT2D eigenvalue weighted by Gasteiger charge is 2.12. The zero-order valence-corrected chi connectivity index (χ0v) is 12.5. The van der Waals surface area contributed by atoms with Gasteiger partial charge in [0.15, 0.2) is 11.9 Å². The smallest absolute Gasteiger partial charge is 0.344 e. The number of aromatic hydroxyl groups is 1. The van der Waals surface area contributed by atoms with Crippen molar-refractivity contribution in [1.29, 1.82) is 0 Å². The van der Waals surface area contributed by atoms with Crippen molar-refractivity contribution in [2.75, 3.05) is 0 Å². The van der Waals surface area contributed by atoms with Crippen LogP contribution in [0.4, 0.5) is 0 Å². The lowest BCUT2D eigenvalue weighted by atomic mass is 10.1. The maximum Gasteiger partial charge on any atom is 0.344 e. The number of allylic oxidation sites excluding steroid dienone is 1. The molecule has 118 valence electrons. The van der Waals surface area contributed by atoms with Gasteiger partial charge in [-0.3, -0.25) is 4.79 Å². The number of phenolic OH excluding ortho intramolecular Hbond substituents is 1. The number of carboxylic acids is 1. The van der Waals surface area contributed by atoms with Crippen LogP contribution in [0, 0.1) is 0 Å². The molecule has 0 fully saturated rings. The molecule has 0 aliphatic heterocycles. The Balaban J connectivity index is 2.04. The number of phenols is 1. The predicted molar refractivity (Wildman–Crippen MR) is 85.6 cm³/mol. The molecule has 23 heavy (non-hydrogen) atoms. The molecular weight excluding hydrogens is 296 g/mol. The molecule has 0 unspecified atom stereocenters. The molecule has 2 aromatic rings. The third-order valence-electron chi connectivity index (χ3n) is 3.10. The first-order valence-electron chi connectivity index (χ1n) is 6.96. The molecule has 2 rings (SSSR count). The summed E-state index contributed by atoms with van der Waals surface area (Å²) in [5, 5.41) is 18.1. The Kier molecular flexibility index (Phi) is 5.15. The average molecular weight is 312 g/mol. The summed E-state index contributed by atoms with van der Waals surface area (Å²) in [6, 6.07) is 12.8. The zero-order chi connectivity index (χ0) is 16.8. The van der Waals surface area contributed by atoms with Gasteiger partial charge in [-0.15, -0.1) is 0 Å². The normalized spacial score (nSPS) is 12.0. The monoisotopic (exact) mass is 312 g/mol. The van der Waals surface area contributed by atoms with Gasteiger partial charge < -0.3 is 14.9 Å². The predicted octanol–water partition coefficient (Wildman–Crippen LogP) is 3.14. The lowest BCUT2D eigenvalue weighted by molar-refractivity contribution is -0.144. The molecule has 0 aromatic heterocycles. The van der Waals surface area contributed by atoms with Gasteiger partial charge in [-0.05, 0) is 55.0 Å². The van der Waals surface area contributed by atoms with Gasteiger partial charge in [0.2, 0.25) is 0 Å². The summed E-state index contributed by atoms with van der Waals surface area (Å²) in [7, 11) is 0. The van der Waals surface area contributed by atoms with Crippen molar-refractivity contribution in [1.82, 2.24) is 0 Å². The van der Waals surface area contributed by atoms with Crippen molar-refractivity contribution in [3.8, 4) is 11.5 Å². The van der Waals surface area contributed by atoms with E-state index in [1.807, 2.05) is 0 Å². The number of benzene rings is 2. The number of hydrogen-bond acceptors (Lipinski definition) is 4. The van der Waals surface area contributed by atoms with Gasteiger partial charge in [-0.25, -0.2) is 4.79 Å². The number of ketones is 1. The minimum atomic E-state index is -1.06. The van der Waals surface area contributed by atoms with Crippen LogP contribution in [0.2, 0.25) is 0 Å². The van der Waals surface area contributed by atoms with Crippen LogP contribution in [0.25, 0.3) is 6.08 Å². The van der Waals surface area contributed by atoms with Gasteiger partial charge in [0.05, 0.1) is 0 Å². The Morgan fingerprint density at radius 3 is 2.43 bits per heavy atom. The molecule has 0 radical (unpaired) electrons. The van der Waals surface area contributed by atoms with Gasteiger partial charge in [0.1, 0.15) is 11.5 Å². The molecule has 0 aliphatic rings. The van der Waals surface area contributed by atoms with E-state index in [0.29, 0.717) is 16.9 Å². The SMILES string of the molecule is C[C@@H](Oc1ccc(C(=O)/C=C\c2cccc(O)c2)cc1)C(=O)O. The van der Waals surface area contributed by atoms with Crippen LogP contribution in [-0.2, 0) is 4.79 Å². The van der Waals surface area contributed by atoms with Crippen LogP contribution < -0.4 is 4.74 Å². The molecule has 0 saturated heterocycles. The number of hydrogen-bond donors (Lipinski definition) is 2. The van der Waals surface area contributed by atoms with E-state index in [-0.39, 0.29) is 11.5 Å². The summed E-state index contributed by atoms with van der Waals surface area (Å²) in [6.07, 6.45) is 2.06. The fraction of sp³-hybridized carbons (Fsp3) is 0.111. The first-order chi connectivity index (χ1) is 11.0. The lowest BCUT2D eigenvalue weighted by Crippen LogP contribution is -2.22. The summed E-state index contributed by atoms with van der Waals surface area (Å²) in [5.41, 5.74) is 1.17. The van der Waals surface area contributed by atoms with Gasteiger partial charge in [-0.2, -0.15) is 0 Å². The highest BCUT2D eigenvalue weighted by Crippen LogP contribution is 2.16. The summed E-state index contributed by atoms with van der Waals surface area (Å²) in [5.74, 6) is -0.743. The Hall–Kier alpha value is -3.08. The van der Waals surface area contributed by atoms with Crippen molar-refractivity contribution < 1.29 is 24.5 Å². The maximum atomic E-state index is 12.1. The second-order valence-electron chi connectivity index (χ2n) is 4.92. The minimum absolute atomic E-state index is 0.133. The van der Waals surface area contributed by atoms with Crippen molar-refractivity contribution in [3.63, 3.8) is 0 Å². The Morgan fingerprint density at radius 1 is 1.13 bits per heavy atom. The number of aliphatic carboxylic acids is 1. The molecule has 5 nitrogen and oxygen atoms in total. The van der Waals surface area contributed by atoms with Gasteiger partial charge >= 0.3 is 5.97 Å². The van der Waals surface area contributed by atoms with E-state index in [2.05, 4.69) is 0 Å². The van der Waals surface area contributed by atoms with Crippen LogP contribution in [0.5, 0.6) is 11.5 Å². The Labute approximate surface area is 133 Å². The standard InChI is InChI=1S/C18H16O5/c1-12(18(21)22)23-16-8-6-14(7-9-16)17(20)10-5-13-3-2-4-15(19)11-13/h2-12,19H,1H3,(H,21,22)/b10-5-/t12-/m1/s1. The van der Waals surface area contributed by atoms with E-state index in [1.54, 1.807) is 54.6 Å². The second kappa shape index (κ2) is 7.26. The second-order valence-corrected chi connectivity index (χ2v) is 4.92. The fourth-order valence-electron chi connectivity index (χ4n) is 1.85. The number of ether oxygens (including phenoxy) is 1. The maximum absolute atomic E-state index is 12.1. The van der Waals surface area contributed by atoms with E-state index in [1.165, 1.54) is 13.0 Å². The summed E-state index contributed by atoms with van der Waals surface area (Å²) >= 11 is 0. The number of rotatable bonds is 6. The van der Waals surface area contributed by atoms with Crippen LogP contribution in [0.1, 0.15) is 22.8 Å². The first kappa shape index (κ1) is 16.3. The van der Waals surface area contributed by atoms with E-state index < -0.39 is 12.1 Å². The van der Waals surface area contributed by atoms with Crippen molar-refractivity contribution >= 4 is 17.8 Å². The minimum Gasteiger partial charge on any atom is -0.508 e. The molecule has 5 heteroatoms. The highest BCUT2D eigenvalue weighted by molar-refractivity contribution is 6.06. The highest BCUT2D eigenvalue weighted by atomic mass is 16.5. The number of carbonyl (C=O) groups excluding carboxylic acids is 1. The van der Waals surface area contributed by atoms with E-state index in [0.717, 1.165) is 0 Å². The Bertz CT molecular complexity index is 731. The van der Waals surface area contributed by atoms with Crippen LogP contribution in [-0.4, -0.2) is 28.1 Å². The quantitative estimate of drug-likeness (QED) is 0.632. The third kappa shape index (κ3) is 4.71. The molecule has 0 saturated carbocycles. The zero-order valence-electron chi connectivity index (χ0n) is 12.5. The topological polar surface area (TPSA) is 83.8 Å².